The van der Waals surface area contributed by atoms with E-state index in [4.69, 9.17) is 11.6 Å². The molecule has 1 aromatic carbocycles. The van der Waals surface area contributed by atoms with E-state index >= 15 is 0 Å². The zero-order valence-corrected chi connectivity index (χ0v) is 13.1. The zero-order valence-electron chi connectivity index (χ0n) is 12.4. The Morgan fingerprint density at radius 3 is 2.23 bits per heavy atom. The average molecular weight is 320 g/mol. The third-order valence-corrected chi connectivity index (χ3v) is 4.24. The molecule has 1 aromatic heterocycles. The van der Waals surface area contributed by atoms with Crippen LogP contribution in [-0.2, 0) is 13.1 Å². The second-order valence-electron chi connectivity index (χ2n) is 5.61. The summed E-state index contributed by atoms with van der Waals surface area (Å²) in [4.78, 5) is 8.79. The normalized spacial score (nSPS) is 16.8. The second-order valence-corrected chi connectivity index (χ2v) is 6.05. The number of hydrogen-bond acceptors (Lipinski definition) is 3. The van der Waals surface area contributed by atoms with Gasteiger partial charge < -0.3 is 0 Å². The van der Waals surface area contributed by atoms with E-state index < -0.39 is 0 Å². The van der Waals surface area contributed by atoms with Crippen LogP contribution in [0.25, 0.3) is 0 Å². The molecule has 0 bridgehead atoms. The van der Waals surface area contributed by atoms with E-state index in [9.17, 15) is 4.39 Å². The highest BCUT2D eigenvalue weighted by Crippen LogP contribution is 2.14. The summed E-state index contributed by atoms with van der Waals surface area (Å²) >= 11 is 5.91. The molecule has 0 N–H and O–H groups in total. The molecule has 116 valence electrons. The van der Waals surface area contributed by atoms with Gasteiger partial charge in [-0.15, -0.1) is 0 Å². The van der Waals surface area contributed by atoms with Crippen molar-refractivity contribution in [2.24, 2.45) is 0 Å². The first-order valence-electron chi connectivity index (χ1n) is 7.49. The van der Waals surface area contributed by atoms with Crippen molar-refractivity contribution in [1.82, 2.24) is 14.8 Å². The predicted molar refractivity (Wildman–Crippen MR) is 86.2 cm³/mol. The van der Waals surface area contributed by atoms with Gasteiger partial charge in [0, 0.05) is 50.5 Å². The lowest BCUT2D eigenvalue weighted by atomic mass is 10.2. The van der Waals surface area contributed by atoms with Crippen LogP contribution < -0.4 is 0 Å². The molecule has 0 unspecified atom stereocenters. The molecule has 0 spiro atoms. The molecule has 0 aliphatic carbocycles. The zero-order chi connectivity index (χ0) is 15.4. The molecule has 5 heteroatoms. The first-order chi connectivity index (χ1) is 10.7. The van der Waals surface area contributed by atoms with Crippen molar-refractivity contribution in [2.45, 2.75) is 13.1 Å². The molecule has 3 rings (SSSR count). The maximum atomic E-state index is 13.6. The Bertz CT molecular complexity index is 610. The minimum Gasteiger partial charge on any atom is -0.297 e. The first kappa shape index (κ1) is 15.4. The van der Waals surface area contributed by atoms with Gasteiger partial charge in [-0.25, -0.2) is 4.39 Å². The van der Waals surface area contributed by atoms with Gasteiger partial charge in [0.1, 0.15) is 5.82 Å². The Morgan fingerprint density at radius 1 is 0.955 bits per heavy atom. The van der Waals surface area contributed by atoms with Crippen LogP contribution in [0, 0.1) is 5.82 Å². The van der Waals surface area contributed by atoms with Crippen LogP contribution in [0.4, 0.5) is 4.39 Å². The van der Waals surface area contributed by atoms with Crippen molar-refractivity contribution in [3.63, 3.8) is 0 Å². The smallest absolute Gasteiger partial charge is 0.146 e. The van der Waals surface area contributed by atoms with Crippen LogP contribution in [0.2, 0.25) is 5.02 Å². The predicted octanol–water partition coefficient (Wildman–Crippen LogP) is 3.19. The van der Waals surface area contributed by atoms with Crippen molar-refractivity contribution in [3.8, 4) is 0 Å². The summed E-state index contributed by atoms with van der Waals surface area (Å²) in [6.45, 7) is 5.35. The molecule has 0 atom stereocenters. The SMILES string of the molecule is Fc1cccnc1CN1CCN(Cc2ccc(Cl)cc2)CC1. The molecular weight excluding hydrogens is 301 g/mol. The number of rotatable bonds is 4. The molecule has 1 aliphatic heterocycles. The van der Waals surface area contributed by atoms with Gasteiger partial charge >= 0.3 is 0 Å². The molecule has 2 heterocycles. The Kier molecular flexibility index (Phi) is 5.03. The Hall–Kier alpha value is -1.49. The first-order valence-corrected chi connectivity index (χ1v) is 7.87. The lowest BCUT2D eigenvalue weighted by molar-refractivity contribution is 0.120. The van der Waals surface area contributed by atoms with Crippen LogP contribution in [0.5, 0.6) is 0 Å². The summed E-state index contributed by atoms with van der Waals surface area (Å²) in [5.74, 6) is -0.217. The molecular formula is C17H19ClFN3. The fourth-order valence-corrected chi connectivity index (χ4v) is 2.83. The van der Waals surface area contributed by atoms with E-state index in [0.29, 0.717) is 12.2 Å². The number of piperazine rings is 1. The molecule has 1 aliphatic rings. The van der Waals surface area contributed by atoms with Gasteiger partial charge in [0.25, 0.3) is 0 Å². The standard InChI is InChI=1S/C17H19ClFN3/c18-15-5-3-14(4-6-15)12-21-8-10-22(11-9-21)13-17-16(19)2-1-7-20-17/h1-7H,8-13H2. The lowest BCUT2D eigenvalue weighted by Gasteiger charge is -2.34. The minimum atomic E-state index is -0.217. The van der Waals surface area contributed by atoms with E-state index in [1.54, 1.807) is 12.3 Å². The summed E-state index contributed by atoms with van der Waals surface area (Å²) in [6.07, 6.45) is 1.65. The summed E-state index contributed by atoms with van der Waals surface area (Å²) < 4.78 is 13.6. The molecule has 22 heavy (non-hydrogen) atoms. The summed E-state index contributed by atoms with van der Waals surface area (Å²) in [5.41, 5.74) is 1.81. The van der Waals surface area contributed by atoms with E-state index in [1.807, 2.05) is 12.1 Å². The van der Waals surface area contributed by atoms with E-state index in [1.165, 1.54) is 11.6 Å². The van der Waals surface area contributed by atoms with Gasteiger partial charge in [-0.05, 0) is 29.8 Å². The molecule has 3 nitrogen and oxygen atoms in total. The summed E-state index contributed by atoms with van der Waals surface area (Å²) in [7, 11) is 0. The third-order valence-electron chi connectivity index (χ3n) is 3.99. The van der Waals surface area contributed by atoms with Crippen LogP contribution in [0.15, 0.2) is 42.6 Å². The minimum absolute atomic E-state index is 0.217. The monoisotopic (exact) mass is 319 g/mol. The summed E-state index contributed by atoms with van der Waals surface area (Å²) in [5, 5.41) is 0.769. The van der Waals surface area contributed by atoms with E-state index in [0.717, 1.165) is 37.7 Å². The number of halogens is 2. The van der Waals surface area contributed by atoms with Gasteiger partial charge in [0.15, 0.2) is 0 Å². The van der Waals surface area contributed by atoms with Crippen molar-refractivity contribution < 1.29 is 4.39 Å². The van der Waals surface area contributed by atoms with Gasteiger partial charge in [-0.3, -0.25) is 14.8 Å². The second kappa shape index (κ2) is 7.18. The molecule has 2 aromatic rings. The molecule has 1 saturated heterocycles. The number of pyridine rings is 1. The van der Waals surface area contributed by atoms with Crippen LogP contribution in [-0.4, -0.2) is 41.0 Å². The number of benzene rings is 1. The quantitative estimate of drug-likeness (QED) is 0.863. The van der Waals surface area contributed by atoms with Crippen molar-refractivity contribution in [2.75, 3.05) is 26.2 Å². The van der Waals surface area contributed by atoms with Gasteiger partial charge in [0.2, 0.25) is 0 Å². The number of aromatic nitrogens is 1. The van der Waals surface area contributed by atoms with E-state index in [2.05, 4.69) is 26.9 Å². The van der Waals surface area contributed by atoms with Gasteiger partial charge in [-0.1, -0.05) is 23.7 Å². The Morgan fingerprint density at radius 2 is 1.59 bits per heavy atom. The Labute approximate surface area is 135 Å². The van der Waals surface area contributed by atoms with Crippen molar-refractivity contribution in [3.05, 3.63) is 64.7 Å². The number of nitrogens with zero attached hydrogens (tertiary/aromatic N) is 3. The maximum Gasteiger partial charge on any atom is 0.146 e. The summed E-state index contributed by atoms with van der Waals surface area (Å²) in [6, 6.07) is 11.1. The Balaban J connectivity index is 1.50. The number of hydrogen-bond donors (Lipinski definition) is 0. The highest BCUT2D eigenvalue weighted by Gasteiger charge is 2.18. The fraction of sp³-hybridized carbons (Fsp3) is 0.353. The van der Waals surface area contributed by atoms with Crippen LogP contribution in [0.3, 0.4) is 0 Å². The van der Waals surface area contributed by atoms with Crippen LogP contribution in [0.1, 0.15) is 11.3 Å². The maximum absolute atomic E-state index is 13.6. The molecule has 0 amide bonds. The highest BCUT2D eigenvalue weighted by molar-refractivity contribution is 6.30. The highest BCUT2D eigenvalue weighted by atomic mass is 35.5. The third kappa shape index (κ3) is 4.03. The van der Waals surface area contributed by atoms with Gasteiger partial charge in [0.05, 0.1) is 5.69 Å². The average Bonchev–Trinajstić information content (AvgIpc) is 2.54. The lowest BCUT2D eigenvalue weighted by Crippen LogP contribution is -2.45. The molecule has 1 fully saturated rings. The van der Waals surface area contributed by atoms with Crippen molar-refractivity contribution in [1.29, 1.82) is 0 Å². The van der Waals surface area contributed by atoms with E-state index in [-0.39, 0.29) is 5.82 Å². The van der Waals surface area contributed by atoms with Crippen LogP contribution >= 0.6 is 11.6 Å². The van der Waals surface area contributed by atoms with Crippen molar-refractivity contribution >= 4 is 11.6 Å². The van der Waals surface area contributed by atoms with Gasteiger partial charge in [-0.2, -0.15) is 0 Å². The molecule has 0 radical (unpaired) electrons. The largest absolute Gasteiger partial charge is 0.297 e. The topological polar surface area (TPSA) is 19.4 Å². The fourth-order valence-electron chi connectivity index (χ4n) is 2.70. The molecule has 0 saturated carbocycles.